The topological polar surface area (TPSA) is 101 Å². The van der Waals surface area contributed by atoms with E-state index in [9.17, 15) is 19.5 Å². The Morgan fingerprint density at radius 1 is 1.20 bits per heavy atom. The summed E-state index contributed by atoms with van der Waals surface area (Å²) in [5, 5.41) is 18.1. The Labute approximate surface area is 116 Å². The van der Waals surface area contributed by atoms with Gasteiger partial charge in [-0.1, -0.05) is 12.8 Å². The van der Waals surface area contributed by atoms with Crippen LogP contribution in [0.1, 0.15) is 38.5 Å². The minimum absolute atomic E-state index is 0.0614. The SMILES string of the molecule is COC1=CC(=O)C(O)=C(CCCCCCC(=O)O)C1=O. The molecule has 0 radical (unpaired) electrons. The van der Waals surface area contributed by atoms with Gasteiger partial charge in [-0.05, 0) is 19.3 Å². The Morgan fingerprint density at radius 2 is 1.85 bits per heavy atom. The second-order valence-electron chi connectivity index (χ2n) is 4.54. The van der Waals surface area contributed by atoms with Crippen LogP contribution in [0.5, 0.6) is 0 Å². The van der Waals surface area contributed by atoms with Crippen LogP contribution in [0.25, 0.3) is 0 Å². The molecule has 0 unspecified atom stereocenters. The molecule has 0 saturated carbocycles. The van der Waals surface area contributed by atoms with Crippen molar-refractivity contribution in [1.29, 1.82) is 0 Å². The van der Waals surface area contributed by atoms with Gasteiger partial charge in [-0.25, -0.2) is 0 Å². The van der Waals surface area contributed by atoms with Gasteiger partial charge in [0, 0.05) is 18.1 Å². The molecular formula is C14H18O6. The first kappa shape index (κ1) is 15.9. The quantitative estimate of drug-likeness (QED) is 0.521. The Bertz CT molecular complexity index is 472. The van der Waals surface area contributed by atoms with Crippen LogP contribution in [0.4, 0.5) is 0 Å². The molecule has 0 aromatic rings. The number of ketones is 2. The third-order valence-corrected chi connectivity index (χ3v) is 3.07. The molecule has 0 spiro atoms. The number of aliphatic hydroxyl groups is 1. The van der Waals surface area contributed by atoms with Crippen molar-refractivity contribution >= 4 is 17.5 Å². The maximum atomic E-state index is 11.9. The molecule has 6 heteroatoms. The van der Waals surface area contributed by atoms with Crippen molar-refractivity contribution in [3.63, 3.8) is 0 Å². The van der Waals surface area contributed by atoms with Crippen molar-refractivity contribution in [3.8, 4) is 0 Å². The molecule has 0 aromatic carbocycles. The normalized spacial score (nSPS) is 15.3. The summed E-state index contributed by atoms with van der Waals surface area (Å²) in [6, 6.07) is 0. The summed E-state index contributed by atoms with van der Waals surface area (Å²) >= 11 is 0. The number of hydrogen-bond donors (Lipinski definition) is 2. The van der Waals surface area contributed by atoms with E-state index < -0.39 is 23.3 Å². The standard InChI is InChI=1S/C14H18O6/c1-20-11-8-10(15)13(18)9(14(11)19)6-4-2-3-5-7-12(16)17/h8,18H,2-7H2,1H3,(H,16,17). The highest BCUT2D eigenvalue weighted by Gasteiger charge is 2.28. The number of carbonyl (C=O) groups is 3. The molecule has 0 aromatic heterocycles. The lowest BCUT2D eigenvalue weighted by Gasteiger charge is -2.14. The van der Waals surface area contributed by atoms with Crippen molar-refractivity contribution in [3.05, 3.63) is 23.2 Å². The molecular weight excluding hydrogens is 264 g/mol. The third-order valence-electron chi connectivity index (χ3n) is 3.07. The maximum absolute atomic E-state index is 11.9. The number of carbonyl (C=O) groups excluding carboxylic acids is 2. The van der Waals surface area contributed by atoms with Gasteiger partial charge in [-0.3, -0.25) is 14.4 Å². The van der Waals surface area contributed by atoms with E-state index in [1.165, 1.54) is 7.11 Å². The zero-order chi connectivity index (χ0) is 15.1. The number of hydrogen-bond acceptors (Lipinski definition) is 5. The van der Waals surface area contributed by atoms with Gasteiger partial charge in [0.25, 0.3) is 0 Å². The van der Waals surface area contributed by atoms with Gasteiger partial charge >= 0.3 is 5.97 Å². The molecule has 6 nitrogen and oxygen atoms in total. The Kier molecular flexibility index (Phi) is 5.96. The van der Waals surface area contributed by atoms with Gasteiger partial charge in [0.1, 0.15) is 0 Å². The minimum atomic E-state index is -0.826. The van der Waals surface area contributed by atoms with Crippen molar-refractivity contribution < 1.29 is 29.3 Å². The predicted octanol–water partition coefficient (Wildman–Crippen LogP) is 1.91. The molecule has 1 aliphatic rings. The monoisotopic (exact) mass is 282 g/mol. The number of ether oxygens (including phenoxy) is 1. The highest BCUT2D eigenvalue weighted by atomic mass is 16.5. The van der Waals surface area contributed by atoms with Gasteiger partial charge in [0.05, 0.1) is 7.11 Å². The molecule has 20 heavy (non-hydrogen) atoms. The fraction of sp³-hybridized carbons (Fsp3) is 0.500. The Balaban J connectivity index is 2.46. The molecule has 0 amide bonds. The summed E-state index contributed by atoms with van der Waals surface area (Å²) in [6.45, 7) is 0. The first-order valence-electron chi connectivity index (χ1n) is 6.46. The molecule has 2 N–H and O–H groups in total. The lowest BCUT2D eigenvalue weighted by molar-refractivity contribution is -0.137. The highest BCUT2D eigenvalue weighted by Crippen LogP contribution is 2.23. The van der Waals surface area contributed by atoms with Crippen molar-refractivity contribution in [2.75, 3.05) is 7.11 Å². The van der Waals surface area contributed by atoms with E-state index in [0.717, 1.165) is 18.9 Å². The lowest BCUT2D eigenvalue weighted by Crippen LogP contribution is -2.20. The summed E-state index contributed by atoms with van der Waals surface area (Å²) in [7, 11) is 1.29. The summed E-state index contributed by atoms with van der Waals surface area (Å²) in [5.41, 5.74) is 0.0765. The smallest absolute Gasteiger partial charge is 0.303 e. The van der Waals surface area contributed by atoms with Crippen LogP contribution in [0.3, 0.4) is 0 Å². The number of aliphatic hydroxyl groups excluding tert-OH is 1. The van der Waals surface area contributed by atoms with E-state index in [0.29, 0.717) is 12.8 Å². The largest absolute Gasteiger partial charge is 0.504 e. The molecule has 0 saturated heterocycles. The van der Waals surface area contributed by atoms with Crippen LogP contribution in [0.15, 0.2) is 23.2 Å². The summed E-state index contributed by atoms with van der Waals surface area (Å²) in [5.74, 6) is -2.49. The van der Waals surface area contributed by atoms with Gasteiger partial charge < -0.3 is 14.9 Å². The van der Waals surface area contributed by atoms with Gasteiger partial charge in [-0.15, -0.1) is 0 Å². The summed E-state index contributed by atoms with van der Waals surface area (Å²) in [4.78, 5) is 33.7. The van der Waals surface area contributed by atoms with E-state index in [1.807, 2.05) is 0 Å². The molecule has 1 rings (SSSR count). The number of methoxy groups -OCH3 is 1. The minimum Gasteiger partial charge on any atom is -0.504 e. The van der Waals surface area contributed by atoms with Crippen LogP contribution in [-0.4, -0.2) is 34.9 Å². The van der Waals surface area contributed by atoms with Crippen LogP contribution in [-0.2, 0) is 19.1 Å². The van der Waals surface area contributed by atoms with E-state index in [-0.39, 0.29) is 24.2 Å². The fourth-order valence-electron chi connectivity index (χ4n) is 1.97. The number of aliphatic carboxylic acids is 1. The number of rotatable bonds is 8. The fourth-order valence-corrected chi connectivity index (χ4v) is 1.97. The molecule has 0 aliphatic heterocycles. The number of carboxylic acid groups (broad SMARTS) is 1. The number of allylic oxidation sites excluding steroid dienone is 2. The lowest BCUT2D eigenvalue weighted by atomic mass is 9.95. The summed E-state index contributed by atoms with van der Waals surface area (Å²) in [6.07, 6.45) is 4.04. The Morgan fingerprint density at radius 3 is 2.45 bits per heavy atom. The van der Waals surface area contributed by atoms with E-state index in [1.54, 1.807) is 0 Å². The molecule has 1 aliphatic carbocycles. The number of unbranched alkanes of at least 4 members (excludes halogenated alkanes) is 3. The van der Waals surface area contributed by atoms with E-state index >= 15 is 0 Å². The van der Waals surface area contributed by atoms with Crippen LogP contribution < -0.4 is 0 Å². The van der Waals surface area contributed by atoms with Crippen LogP contribution in [0.2, 0.25) is 0 Å². The Hall–Kier alpha value is -2.11. The zero-order valence-corrected chi connectivity index (χ0v) is 11.3. The van der Waals surface area contributed by atoms with Gasteiger partial charge in [0.2, 0.25) is 11.6 Å². The zero-order valence-electron chi connectivity index (χ0n) is 11.3. The van der Waals surface area contributed by atoms with Gasteiger partial charge in [0.15, 0.2) is 11.5 Å². The van der Waals surface area contributed by atoms with Crippen molar-refractivity contribution in [2.24, 2.45) is 0 Å². The number of carboxylic acids is 1. The highest BCUT2D eigenvalue weighted by molar-refractivity contribution is 6.20. The second-order valence-corrected chi connectivity index (χ2v) is 4.54. The van der Waals surface area contributed by atoms with E-state index in [2.05, 4.69) is 0 Å². The van der Waals surface area contributed by atoms with Crippen LogP contribution in [0, 0.1) is 0 Å². The maximum Gasteiger partial charge on any atom is 0.303 e. The van der Waals surface area contributed by atoms with Gasteiger partial charge in [-0.2, -0.15) is 0 Å². The number of Topliss-reactive ketones (excluding diaryl/α,β-unsaturated/α-hetero) is 1. The molecule has 0 heterocycles. The molecule has 110 valence electrons. The van der Waals surface area contributed by atoms with Crippen molar-refractivity contribution in [1.82, 2.24) is 0 Å². The average molecular weight is 282 g/mol. The average Bonchev–Trinajstić information content (AvgIpc) is 2.40. The second kappa shape index (κ2) is 7.47. The van der Waals surface area contributed by atoms with Crippen molar-refractivity contribution in [2.45, 2.75) is 38.5 Å². The predicted molar refractivity (Wildman–Crippen MR) is 70.1 cm³/mol. The first-order chi connectivity index (χ1) is 9.47. The molecule has 0 fully saturated rings. The third kappa shape index (κ3) is 4.22. The first-order valence-corrected chi connectivity index (χ1v) is 6.46. The van der Waals surface area contributed by atoms with E-state index in [4.69, 9.17) is 9.84 Å². The van der Waals surface area contributed by atoms with Crippen LogP contribution >= 0.6 is 0 Å². The summed E-state index contributed by atoms with van der Waals surface area (Å²) < 4.78 is 4.80. The molecule has 0 bridgehead atoms. The molecule has 0 atom stereocenters.